The molecule has 0 bridgehead atoms. The van der Waals surface area contributed by atoms with Crippen LogP contribution in [0.3, 0.4) is 0 Å². The van der Waals surface area contributed by atoms with Crippen LogP contribution in [0.5, 0.6) is 5.75 Å². The van der Waals surface area contributed by atoms with E-state index in [1.165, 1.54) is 18.2 Å². The van der Waals surface area contributed by atoms with E-state index < -0.39 is 11.7 Å². The molecule has 0 aliphatic heterocycles. The molecule has 5 nitrogen and oxygen atoms in total. The summed E-state index contributed by atoms with van der Waals surface area (Å²) < 4.78 is 43.3. The predicted molar refractivity (Wildman–Crippen MR) is 76.1 cm³/mol. The summed E-state index contributed by atoms with van der Waals surface area (Å²) in [5.74, 6) is 0.0133. The Labute approximate surface area is 128 Å². The maximum atomic E-state index is 12.7. The van der Waals surface area contributed by atoms with Gasteiger partial charge in [-0.15, -0.1) is 5.10 Å². The van der Waals surface area contributed by atoms with E-state index in [2.05, 4.69) is 15.5 Å². The van der Waals surface area contributed by atoms with Gasteiger partial charge >= 0.3 is 12.2 Å². The van der Waals surface area contributed by atoms with Crippen molar-refractivity contribution in [3.63, 3.8) is 0 Å². The summed E-state index contributed by atoms with van der Waals surface area (Å²) in [4.78, 5) is 0. The number of hydrogen-bond acceptors (Lipinski definition) is 5. The number of anilines is 2. The van der Waals surface area contributed by atoms with Gasteiger partial charge in [0.1, 0.15) is 5.75 Å². The highest BCUT2D eigenvalue weighted by atomic mass is 19.4. The zero-order chi connectivity index (χ0) is 16.4. The SMILES string of the molecule is Oc1ccccc1-c1nnc(Nc2cccc(C(F)(F)F)c2)o1. The zero-order valence-corrected chi connectivity index (χ0v) is 11.5. The minimum Gasteiger partial charge on any atom is -0.507 e. The summed E-state index contributed by atoms with van der Waals surface area (Å²) >= 11 is 0. The molecule has 0 amide bonds. The molecule has 0 spiro atoms. The van der Waals surface area contributed by atoms with Gasteiger partial charge in [0, 0.05) is 5.69 Å². The molecule has 0 radical (unpaired) electrons. The lowest BCUT2D eigenvalue weighted by Gasteiger charge is -2.08. The lowest BCUT2D eigenvalue weighted by molar-refractivity contribution is -0.137. The fraction of sp³-hybridized carbons (Fsp3) is 0.0667. The van der Waals surface area contributed by atoms with Gasteiger partial charge in [-0.05, 0) is 30.3 Å². The predicted octanol–water partition coefficient (Wildman–Crippen LogP) is 4.20. The second-order valence-corrected chi connectivity index (χ2v) is 4.63. The Morgan fingerprint density at radius 1 is 1.00 bits per heavy atom. The zero-order valence-electron chi connectivity index (χ0n) is 11.5. The first kappa shape index (κ1) is 14.9. The molecule has 0 fully saturated rings. The van der Waals surface area contributed by atoms with E-state index in [1.807, 2.05) is 0 Å². The van der Waals surface area contributed by atoms with Crippen LogP contribution in [0, 0.1) is 0 Å². The number of rotatable bonds is 3. The Bertz CT molecular complexity index is 831. The van der Waals surface area contributed by atoms with Crippen LogP contribution < -0.4 is 5.32 Å². The van der Waals surface area contributed by atoms with Crippen molar-refractivity contribution in [3.05, 3.63) is 54.1 Å². The monoisotopic (exact) mass is 321 g/mol. The molecule has 0 aliphatic carbocycles. The number of halogens is 3. The van der Waals surface area contributed by atoms with E-state index in [1.54, 1.807) is 18.2 Å². The van der Waals surface area contributed by atoms with Crippen molar-refractivity contribution in [2.24, 2.45) is 0 Å². The van der Waals surface area contributed by atoms with Crippen molar-refractivity contribution in [1.29, 1.82) is 0 Å². The molecule has 1 heterocycles. The molecular weight excluding hydrogens is 311 g/mol. The smallest absolute Gasteiger partial charge is 0.416 e. The first-order valence-electron chi connectivity index (χ1n) is 6.49. The quantitative estimate of drug-likeness (QED) is 0.756. The second kappa shape index (κ2) is 5.64. The Morgan fingerprint density at radius 3 is 2.52 bits per heavy atom. The van der Waals surface area contributed by atoms with Crippen LogP contribution in [0.4, 0.5) is 24.9 Å². The summed E-state index contributed by atoms with van der Waals surface area (Å²) in [6.45, 7) is 0. The lowest BCUT2D eigenvalue weighted by Crippen LogP contribution is -2.05. The van der Waals surface area contributed by atoms with E-state index in [9.17, 15) is 18.3 Å². The standard InChI is InChI=1S/C15H10F3N3O2/c16-15(17,18)9-4-3-5-10(8-9)19-14-21-20-13(23-14)11-6-1-2-7-12(11)22/h1-8,22H,(H,19,21). The summed E-state index contributed by atoms with van der Waals surface area (Å²) in [5, 5.41) is 19.8. The number of phenols is 1. The van der Waals surface area contributed by atoms with Crippen LogP contribution in [-0.4, -0.2) is 15.3 Å². The average Bonchev–Trinajstić information content (AvgIpc) is 2.95. The fourth-order valence-corrected chi connectivity index (χ4v) is 1.93. The fourth-order valence-electron chi connectivity index (χ4n) is 1.93. The Balaban J connectivity index is 1.84. The van der Waals surface area contributed by atoms with Gasteiger partial charge in [0.15, 0.2) is 0 Å². The van der Waals surface area contributed by atoms with Crippen molar-refractivity contribution in [1.82, 2.24) is 10.2 Å². The van der Waals surface area contributed by atoms with Crippen LogP contribution in [0.2, 0.25) is 0 Å². The number of aromatic hydroxyl groups is 1. The third-order valence-corrected chi connectivity index (χ3v) is 3.00. The maximum Gasteiger partial charge on any atom is 0.416 e. The van der Waals surface area contributed by atoms with E-state index in [0.717, 1.165) is 12.1 Å². The van der Waals surface area contributed by atoms with E-state index >= 15 is 0 Å². The molecule has 0 saturated carbocycles. The van der Waals surface area contributed by atoms with Gasteiger partial charge in [-0.3, -0.25) is 0 Å². The summed E-state index contributed by atoms with van der Waals surface area (Å²) in [6.07, 6.45) is -4.44. The molecule has 2 aromatic carbocycles. The molecular formula is C15H10F3N3O2. The molecule has 3 aromatic rings. The number of hydrogen-bond donors (Lipinski definition) is 2. The van der Waals surface area contributed by atoms with E-state index in [-0.39, 0.29) is 23.3 Å². The minimum atomic E-state index is -4.44. The Kier molecular flexibility index (Phi) is 3.65. The first-order valence-corrected chi connectivity index (χ1v) is 6.49. The van der Waals surface area contributed by atoms with Gasteiger partial charge in [0.25, 0.3) is 5.89 Å². The molecule has 2 N–H and O–H groups in total. The maximum absolute atomic E-state index is 12.7. The third-order valence-electron chi connectivity index (χ3n) is 3.00. The summed E-state index contributed by atoms with van der Waals surface area (Å²) in [7, 11) is 0. The summed E-state index contributed by atoms with van der Waals surface area (Å²) in [6, 6.07) is 10.9. The molecule has 0 aliphatic rings. The van der Waals surface area contributed by atoms with Crippen LogP contribution in [0.1, 0.15) is 5.56 Å². The molecule has 0 unspecified atom stereocenters. The third kappa shape index (κ3) is 3.25. The summed E-state index contributed by atoms with van der Waals surface area (Å²) in [5.41, 5.74) is -0.299. The number of nitrogens with one attached hydrogen (secondary N) is 1. The van der Waals surface area contributed by atoms with Crippen molar-refractivity contribution >= 4 is 11.7 Å². The topological polar surface area (TPSA) is 71.2 Å². The Morgan fingerprint density at radius 2 is 1.78 bits per heavy atom. The number of para-hydroxylation sites is 1. The number of benzene rings is 2. The van der Waals surface area contributed by atoms with Crippen LogP contribution in [-0.2, 0) is 6.18 Å². The Hall–Kier alpha value is -3.03. The highest BCUT2D eigenvalue weighted by Crippen LogP contribution is 2.32. The molecule has 1 aromatic heterocycles. The van der Waals surface area contributed by atoms with Gasteiger partial charge in [-0.2, -0.15) is 13.2 Å². The van der Waals surface area contributed by atoms with Gasteiger partial charge < -0.3 is 14.8 Å². The highest BCUT2D eigenvalue weighted by Gasteiger charge is 2.30. The second-order valence-electron chi connectivity index (χ2n) is 4.63. The normalized spacial score (nSPS) is 11.4. The number of alkyl halides is 3. The number of nitrogens with zero attached hydrogens (tertiary/aromatic N) is 2. The van der Waals surface area contributed by atoms with Crippen LogP contribution in [0.25, 0.3) is 11.5 Å². The molecule has 0 saturated heterocycles. The largest absolute Gasteiger partial charge is 0.507 e. The van der Waals surface area contributed by atoms with Crippen molar-refractivity contribution in [2.75, 3.05) is 5.32 Å². The lowest BCUT2D eigenvalue weighted by atomic mass is 10.2. The molecule has 23 heavy (non-hydrogen) atoms. The average molecular weight is 321 g/mol. The first-order chi connectivity index (χ1) is 10.9. The van der Waals surface area contributed by atoms with Crippen molar-refractivity contribution < 1.29 is 22.7 Å². The van der Waals surface area contributed by atoms with Crippen molar-refractivity contribution in [3.8, 4) is 17.2 Å². The van der Waals surface area contributed by atoms with Gasteiger partial charge in [0.05, 0.1) is 11.1 Å². The molecule has 3 rings (SSSR count). The molecule has 118 valence electrons. The van der Waals surface area contributed by atoms with Gasteiger partial charge in [0.2, 0.25) is 0 Å². The van der Waals surface area contributed by atoms with E-state index in [0.29, 0.717) is 5.56 Å². The van der Waals surface area contributed by atoms with Crippen LogP contribution >= 0.6 is 0 Å². The van der Waals surface area contributed by atoms with Crippen molar-refractivity contribution in [2.45, 2.75) is 6.18 Å². The highest BCUT2D eigenvalue weighted by molar-refractivity contribution is 5.63. The van der Waals surface area contributed by atoms with Gasteiger partial charge in [-0.1, -0.05) is 23.3 Å². The van der Waals surface area contributed by atoms with Gasteiger partial charge in [-0.25, -0.2) is 0 Å². The molecule has 0 atom stereocenters. The minimum absolute atomic E-state index is 0.0400. The number of aromatic nitrogens is 2. The molecule has 8 heteroatoms. The van der Waals surface area contributed by atoms with Crippen LogP contribution in [0.15, 0.2) is 52.9 Å². The number of phenolic OH excluding ortho intramolecular Hbond substituents is 1. The van der Waals surface area contributed by atoms with E-state index in [4.69, 9.17) is 4.42 Å².